The van der Waals surface area contributed by atoms with E-state index < -0.39 is 11.9 Å². The van der Waals surface area contributed by atoms with Crippen LogP contribution < -0.4 is 10.2 Å². The minimum atomic E-state index is -4.54. The number of hydrogen-bond donors (Lipinski definition) is 2. The molecular formula is C14H14F3N3O. The highest BCUT2D eigenvalue weighted by Crippen LogP contribution is 2.37. The van der Waals surface area contributed by atoms with Crippen LogP contribution >= 0.6 is 0 Å². The molecule has 3 rings (SSSR count). The molecule has 0 bridgehead atoms. The summed E-state index contributed by atoms with van der Waals surface area (Å²) in [6.07, 6.45) is -4.54. The Morgan fingerprint density at radius 3 is 2.57 bits per heavy atom. The molecule has 2 N–H and O–H groups in total. The molecule has 112 valence electrons. The minimum Gasteiger partial charge on any atom is -0.506 e. The summed E-state index contributed by atoms with van der Waals surface area (Å²) < 4.78 is 39.1. The number of benzene rings is 1. The molecule has 4 nitrogen and oxygen atoms in total. The van der Waals surface area contributed by atoms with Crippen molar-refractivity contribution in [1.29, 1.82) is 0 Å². The Bertz CT molecular complexity index is 666. The third-order valence-corrected chi connectivity index (χ3v) is 3.54. The summed E-state index contributed by atoms with van der Waals surface area (Å²) in [6.45, 7) is 2.66. The van der Waals surface area contributed by atoms with E-state index in [1.165, 1.54) is 6.07 Å². The van der Waals surface area contributed by atoms with Gasteiger partial charge in [0.1, 0.15) is 17.0 Å². The number of nitrogens with zero attached hydrogens (tertiary/aromatic N) is 2. The monoisotopic (exact) mass is 297 g/mol. The summed E-state index contributed by atoms with van der Waals surface area (Å²) in [6, 6.07) is 5.70. The summed E-state index contributed by atoms with van der Waals surface area (Å²) in [7, 11) is 0. The second kappa shape index (κ2) is 5.07. The number of para-hydroxylation sites is 1. The van der Waals surface area contributed by atoms with Gasteiger partial charge in [-0.05, 0) is 12.1 Å². The lowest BCUT2D eigenvalue weighted by Crippen LogP contribution is -2.43. The van der Waals surface area contributed by atoms with E-state index in [0.29, 0.717) is 37.3 Å². The second-order valence-electron chi connectivity index (χ2n) is 4.93. The van der Waals surface area contributed by atoms with Crippen molar-refractivity contribution in [1.82, 2.24) is 10.3 Å². The quantitative estimate of drug-likeness (QED) is 0.848. The van der Waals surface area contributed by atoms with Crippen LogP contribution in [0.4, 0.5) is 18.9 Å². The zero-order valence-electron chi connectivity index (χ0n) is 11.1. The van der Waals surface area contributed by atoms with Gasteiger partial charge in [-0.3, -0.25) is 0 Å². The topological polar surface area (TPSA) is 48.4 Å². The predicted molar refractivity (Wildman–Crippen MR) is 73.5 cm³/mol. The summed E-state index contributed by atoms with van der Waals surface area (Å²) in [5.74, 6) is -0.241. The van der Waals surface area contributed by atoms with Crippen molar-refractivity contribution in [2.45, 2.75) is 6.18 Å². The Morgan fingerprint density at radius 2 is 1.90 bits per heavy atom. The Balaban J connectivity index is 2.22. The average molecular weight is 297 g/mol. The molecule has 7 heteroatoms. The van der Waals surface area contributed by atoms with E-state index in [-0.39, 0.29) is 11.3 Å². The SMILES string of the molecule is Oc1cccc2c(N3CCNCC3)cc(C(F)(F)F)nc12. The van der Waals surface area contributed by atoms with E-state index in [9.17, 15) is 18.3 Å². The first kappa shape index (κ1) is 13.9. The molecular weight excluding hydrogens is 283 g/mol. The second-order valence-corrected chi connectivity index (χ2v) is 4.93. The van der Waals surface area contributed by atoms with Crippen LogP contribution in [0, 0.1) is 0 Å². The van der Waals surface area contributed by atoms with E-state index in [1.54, 1.807) is 12.1 Å². The molecule has 0 saturated carbocycles. The van der Waals surface area contributed by atoms with Gasteiger partial charge in [0.15, 0.2) is 0 Å². The van der Waals surface area contributed by atoms with Crippen LogP contribution in [0.25, 0.3) is 10.9 Å². The lowest BCUT2D eigenvalue weighted by atomic mass is 10.1. The van der Waals surface area contributed by atoms with Crippen LogP contribution in [-0.2, 0) is 6.18 Å². The van der Waals surface area contributed by atoms with Crippen molar-refractivity contribution < 1.29 is 18.3 Å². The zero-order chi connectivity index (χ0) is 15.0. The van der Waals surface area contributed by atoms with Gasteiger partial charge < -0.3 is 15.3 Å². The number of rotatable bonds is 1. The van der Waals surface area contributed by atoms with Crippen molar-refractivity contribution in [2.24, 2.45) is 0 Å². The van der Waals surface area contributed by atoms with Gasteiger partial charge in [-0.1, -0.05) is 12.1 Å². The molecule has 0 radical (unpaired) electrons. The first-order valence-electron chi connectivity index (χ1n) is 6.62. The van der Waals surface area contributed by atoms with Crippen LogP contribution in [0.1, 0.15) is 5.69 Å². The number of aromatic nitrogens is 1. The number of phenolic OH excluding ortho intramolecular Hbond substituents is 1. The molecule has 0 amide bonds. The van der Waals surface area contributed by atoms with E-state index in [1.807, 2.05) is 4.90 Å². The molecule has 2 aromatic rings. The van der Waals surface area contributed by atoms with E-state index in [2.05, 4.69) is 10.3 Å². The number of nitrogens with one attached hydrogen (secondary N) is 1. The van der Waals surface area contributed by atoms with Gasteiger partial charge in [0.2, 0.25) is 0 Å². The number of alkyl halides is 3. The highest BCUT2D eigenvalue weighted by atomic mass is 19.4. The summed E-state index contributed by atoms with van der Waals surface area (Å²) in [4.78, 5) is 5.47. The van der Waals surface area contributed by atoms with Gasteiger partial charge in [0.05, 0.1) is 0 Å². The fourth-order valence-electron chi connectivity index (χ4n) is 2.53. The molecule has 0 spiro atoms. The van der Waals surface area contributed by atoms with Crippen LogP contribution in [-0.4, -0.2) is 36.3 Å². The summed E-state index contributed by atoms with van der Waals surface area (Å²) >= 11 is 0. The maximum absolute atomic E-state index is 13.0. The van der Waals surface area contributed by atoms with Crippen LogP contribution in [0.15, 0.2) is 24.3 Å². The lowest BCUT2D eigenvalue weighted by molar-refractivity contribution is -0.140. The number of phenols is 1. The van der Waals surface area contributed by atoms with Crippen LogP contribution in [0.5, 0.6) is 5.75 Å². The number of piperazine rings is 1. The third-order valence-electron chi connectivity index (χ3n) is 3.54. The zero-order valence-corrected chi connectivity index (χ0v) is 11.1. The van der Waals surface area contributed by atoms with Gasteiger partial charge in [0.25, 0.3) is 0 Å². The van der Waals surface area contributed by atoms with Crippen LogP contribution in [0.2, 0.25) is 0 Å². The van der Waals surface area contributed by atoms with E-state index in [4.69, 9.17) is 0 Å². The Hall–Kier alpha value is -2.02. The number of pyridine rings is 1. The fourth-order valence-corrected chi connectivity index (χ4v) is 2.53. The molecule has 1 aromatic carbocycles. The first-order chi connectivity index (χ1) is 9.97. The molecule has 0 unspecified atom stereocenters. The van der Waals surface area contributed by atoms with E-state index >= 15 is 0 Å². The number of halogens is 3. The average Bonchev–Trinajstić information content (AvgIpc) is 2.47. The molecule has 2 heterocycles. The maximum Gasteiger partial charge on any atom is 0.433 e. The number of aromatic hydroxyl groups is 1. The van der Waals surface area contributed by atoms with E-state index in [0.717, 1.165) is 6.07 Å². The van der Waals surface area contributed by atoms with Gasteiger partial charge in [-0.2, -0.15) is 13.2 Å². The third kappa shape index (κ3) is 2.61. The molecule has 1 aliphatic rings. The number of fused-ring (bicyclic) bond motifs is 1. The number of anilines is 1. The highest BCUT2D eigenvalue weighted by molar-refractivity contribution is 5.95. The Kier molecular flexibility index (Phi) is 3.36. The van der Waals surface area contributed by atoms with Crippen molar-refractivity contribution in [2.75, 3.05) is 31.1 Å². The normalized spacial score (nSPS) is 16.4. The minimum absolute atomic E-state index is 0.0131. The summed E-state index contributed by atoms with van der Waals surface area (Å²) in [5, 5.41) is 13.5. The van der Waals surface area contributed by atoms with Crippen LogP contribution in [0.3, 0.4) is 0 Å². The molecule has 21 heavy (non-hydrogen) atoms. The maximum atomic E-state index is 13.0. The summed E-state index contributed by atoms with van der Waals surface area (Å²) in [5.41, 5.74) is -0.532. The fraction of sp³-hybridized carbons (Fsp3) is 0.357. The molecule has 0 aliphatic carbocycles. The van der Waals surface area contributed by atoms with Gasteiger partial charge in [-0.15, -0.1) is 0 Å². The molecule has 1 aliphatic heterocycles. The van der Waals surface area contributed by atoms with Crippen molar-refractivity contribution >= 4 is 16.6 Å². The van der Waals surface area contributed by atoms with Gasteiger partial charge >= 0.3 is 6.18 Å². The molecule has 0 atom stereocenters. The van der Waals surface area contributed by atoms with Gasteiger partial charge in [0, 0.05) is 37.3 Å². The molecule has 1 saturated heterocycles. The molecule has 1 fully saturated rings. The highest BCUT2D eigenvalue weighted by Gasteiger charge is 2.34. The largest absolute Gasteiger partial charge is 0.506 e. The van der Waals surface area contributed by atoms with Crippen molar-refractivity contribution in [3.63, 3.8) is 0 Å². The Morgan fingerprint density at radius 1 is 1.19 bits per heavy atom. The van der Waals surface area contributed by atoms with Crippen molar-refractivity contribution in [3.05, 3.63) is 30.0 Å². The molecule has 1 aromatic heterocycles. The first-order valence-corrected chi connectivity index (χ1v) is 6.62. The Labute approximate surface area is 119 Å². The van der Waals surface area contributed by atoms with Gasteiger partial charge in [-0.25, -0.2) is 4.98 Å². The smallest absolute Gasteiger partial charge is 0.433 e. The predicted octanol–water partition coefficient (Wildman–Crippen LogP) is 2.37. The standard InChI is InChI=1S/C14H14F3N3O/c15-14(16,17)12-8-10(20-6-4-18-5-7-20)9-2-1-3-11(21)13(9)19-12/h1-3,8,18,21H,4-7H2. The number of hydrogen-bond acceptors (Lipinski definition) is 4. The van der Waals surface area contributed by atoms with Crippen molar-refractivity contribution in [3.8, 4) is 5.75 Å². The lowest BCUT2D eigenvalue weighted by Gasteiger charge is -2.30.